The highest BCUT2D eigenvalue weighted by molar-refractivity contribution is 7.14. The molecule has 2 aromatic heterocycles. The summed E-state index contributed by atoms with van der Waals surface area (Å²) >= 11 is 1.52. The van der Waals surface area contributed by atoms with Crippen LogP contribution >= 0.6 is 11.3 Å². The largest absolute Gasteiger partial charge is 0.465 e. The van der Waals surface area contributed by atoms with Gasteiger partial charge in [0.05, 0.1) is 12.7 Å². The van der Waals surface area contributed by atoms with Crippen LogP contribution in [0, 0.1) is 0 Å². The molecule has 0 bridgehead atoms. The predicted molar refractivity (Wildman–Crippen MR) is 58.9 cm³/mol. The standard InChI is InChI=1S/C11H9NO2S/c1-14-11(13)9-4-7-15-10(9)8-2-5-12-6-3-8/h2-7H,1H3. The summed E-state index contributed by atoms with van der Waals surface area (Å²) in [5, 5.41) is 1.88. The second-order valence-corrected chi connectivity index (χ2v) is 3.81. The molecular weight excluding hydrogens is 210 g/mol. The Balaban J connectivity index is 2.46. The zero-order valence-corrected chi connectivity index (χ0v) is 8.95. The van der Waals surface area contributed by atoms with Gasteiger partial charge in [-0.3, -0.25) is 4.98 Å². The number of pyridine rings is 1. The minimum atomic E-state index is -0.303. The van der Waals surface area contributed by atoms with E-state index in [9.17, 15) is 4.79 Å². The number of carbonyl (C=O) groups is 1. The molecule has 0 aliphatic heterocycles. The quantitative estimate of drug-likeness (QED) is 0.729. The Morgan fingerprint density at radius 3 is 2.73 bits per heavy atom. The third-order valence-electron chi connectivity index (χ3n) is 2.01. The highest BCUT2D eigenvalue weighted by Crippen LogP contribution is 2.29. The third kappa shape index (κ3) is 1.89. The van der Waals surface area contributed by atoms with Crippen LogP contribution in [0.25, 0.3) is 10.4 Å². The smallest absolute Gasteiger partial charge is 0.339 e. The number of methoxy groups -OCH3 is 1. The van der Waals surface area contributed by atoms with Crippen molar-refractivity contribution in [2.45, 2.75) is 0 Å². The summed E-state index contributed by atoms with van der Waals surface area (Å²) in [7, 11) is 1.39. The number of nitrogens with zero attached hydrogens (tertiary/aromatic N) is 1. The summed E-state index contributed by atoms with van der Waals surface area (Å²) in [6.45, 7) is 0. The minimum absolute atomic E-state index is 0.303. The van der Waals surface area contributed by atoms with Crippen molar-refractivity contribution in [1.29, 1.82) is 0 Å². The average Bonchev–Trinajstić information content (AvgIpc) is 2.78. The first-order valence-electron chi connectivity index (χ1n) is 4.39. The predicted octanol–water partition coefficient (Wildman–Crippen LogP) is 2.60. The van der Waals surface area contributed by atoms with Crippen molar-refractivity contribution in [3.8, 4) is 10.4 Å². The van der Waals surface area contributed by atoms with Gasteiger partial charge in [0, 0.05) is 17.3 Å². The summed E-state index contributed by atoms with van der Waals surface area (Å²) in [5.41, 5.74) is 1.59. The molecule has 0 fully saturated rings. The SMILES string of the molecule is COC(=O)c1ccsc1-c1ccncc1. The second kappa shape index (κ2) is 4.23. The molecule has 0 radical (unpaired) electrons. The number of hydrogen-bond acceptors (Lipinski definition) is 4. The highest BCUT2D eigenvalue weighted by atomic mass is 32.1. The van der Waals surface area contributed by atoms with Gasteiger partial charge in [-0.1, -0.05) is 0 Å². The van der Waals surface area contributed by atoms with Gasteiger partial charge in [-0.15, -0.1) is 11.3 Å². The van der Waals surface area contributed by atoms with E-state index in [1.165, 1.54) is 18.4 Å². The molecule has 0 spiro atoms. The highest BCUT2D eigenvalue weighted by Gasteiger charge is 2.13. The van der Waals surface area contributed by atoms with Crippen LogP contribution < -0.4 is 0 Å². The Morgan fingerprint density at radius 1 is 1.33 bits per heavy atom. The topological polar surface area (TPSA) is 39.2 Å². The van der Waals surface area contributed by atoms with Gasteiger partial charge in [0.15, 0.2) is 0 Å². The summed E-state index contributed by atoms with van der Waals surface area (Å²) in [6.07, 6.45) is 3.41. The van der Waals surface area contributed by atoms with Crippen LogP contribution in [0.3, 0.4) is 0 Å². The first kappa shape index (κ1) is 9.86. The number of rotatable bonds is 2. The van der Waals surface area contributed by atoms with Crippen molar-refractivity contribution >= 4 is 17.3 Å². The van der Waals surface area contributed by atoms with Crippen molar-refractivity contribution in [3.63, 3.8) is 0 Å². The maximum atomic E-state index is 11.4. The minimum Gasteiger partial charge on any atom is -0.465 e. The van der Waals surface area contributed by atoms with E-state index < -0.39 is 0 Å². The lowest BCUT2D eigenvalue weighted by Crippen LogP contribution is -2.00. The van der Waals surface area contributed by atoms with Gasteiger partial charge in [-0.2, -0.15) is 0 Å². The van der Waals surface area contributed by atoms with Crippen LogP contribution in [0.2, 0.25) is 0 Å². The number of esters is 1. The fourth-order valence-electron chi connectivity index (χ4n) is 1.31. The van der Waals surface area contributed by atoms with E-state index in [1.54, 1.807) is 18.5 Å². The Bertz CT molecular complexity index is 464. The van der Waals surface area contributed by atoms with Gasteiger partial charge in [0.25, 0.3) is 0 Å². The van der Waals surface area contributed by atoms with Crippen LogP contribution in [0.1, 0.15) is 10.4 Å². The van der Waals surface area contributed by atoms with E-state index in [0.717, 1.165) is 10.4 Å². The van der Waals surface area contributed by atoms with E-state index in [2.05, 4.69) is 4.98 Å². The third-order valence-corrected chi connectivity index (χ3v) is 2.98. The molecule has 0 atom stereocenters. The number of hydrogen-bond donors (Lipinski definition) is 0. The van der Waals surface area contributed by atoms with Crippen molar-refractivity contribution in [1.82, 2.24) is 4.98 Å². The molecule has 0 amide bonds. The lowest BCUT2D eigenvalue weighted by Gasteiger charge is -2.01. The summed E-state index contributed by atoms with van der Waals surface area (Å²) < 4.78 is 4.71. The zero-order valence-electron chi connectivity index (χ0n) is 8.14. The Morgan fingerprint density at radius 2 is 2.07 bits per heavy atom. The Hall–Kier alpha value is -1.68. The molecule has 0 aliphatic carbocycles. The summed E-state index contributed by atoms with van der Waals surface area (Å²) in [4.78, 5) is 16.3. The van der Waals surface area contributed by atoms with Gasteiger partial charge in [-0.05, 0) is 29.1 Å². The molecule has 2 heterocycles. The maximum Gasteiger partial charge on any atom is 0.339 e. The molecule has 15 heavy (non-hydrogen) atoms. The van der Waals surface area contributed by atoms with Gasteiger partial charge >= 0.3 is 5.97 Å². The molecule has 4 heteroatoms. The van der Waals surface area contributed by atoms with E-state index in [4.69, 9.17) is 4.74 Å². The van der Waals surface area contributed by atoms with Gasteiger partial charge in [0.2, 0.25) is 0 Å². The van der Waals surface area contributed by atoms with Gasteiger partial charge in [0.1, 0.15) is 0 Å². The number of thiophene rings is 1. The van der Waals surface area contributed by atoms with E-state index >= 15 is 0 Å². The molecule has 0 unspecified atom stereocenters. The Kier molecular flexibility index (Phi) is 2.78. The van der Waals surface area contributed by atoms with Crippen molar-refractivity contribution in [2.24, 2.45) is 0 Å². The first-order chi connectivity index (χ1) is 7.33. The van der Waals surface area contributed by atoms with Crippen molar-refractivity contribution in [3.05, 3.63) is 41.5 Å². The van der Waals surface area contributed by atoms with Crippen LogP contribution in [0.4, 0.5) is 0 Å². The average molecular weight is 219 g/mol. The molecule has 2 rings (SSSR count). The zero-order chi connectivity index (χ0) is 10.7. The molecular formula is C11H9NO2S. The number of aromatic nitrogens is 1. The van der Waals surface area contributed by atoms with E-state index in [0.29, 0.717) is 5.56 Å². The molecule has 76 valence electrons. The fourth-order valence-corrected chi connectivity index (χ4v) is 2.20. The first-order valence-corrected chi connectivity index (χ1v) is 5.27. The fraction of sp³-hybridized carbons (Fsp3) is 0.0909. The molecule has 3 nitrogen and oxygen atoms in total. The lowest BCUT2D eigenvalue weighted by molar-refractivity contribution is 0.0602. The molecule has 0 aliphatic rings. The van der Waals surface area contributed by atoms with Crippen LogP contribution in [0.15, 0.2) is 36.0 Å². The van der Waals surface area contributed by atoms with Crippen LogP contribution in [-0.2, 0) is 4.74 Å². The lowest BCUT2D eigenvalue weighted by atomic mass is 10.1. The molecule has 0 saturated carbocycles. The van der Waals surface area contributed by atoms with Crippen LogP contribution in [-0.4, -0.2) is 18.1 Å². The van der Waals surface area contributed by atoms with Crippen molar-refractivity contribution < 1.29 is 9.53 Å². The second-order valence-electron chi connectivity index (χ2n) is 2.89. The molecule has 0 aromatic carbocycles. The number of ether oxygens (including phenoxy) is 1. The van der Waals surface area contributed by atoms with Gasteiger partial charge < -0.3 is 4.74 Å². The normalized spacial score (nSPS) is 9.93. The van der Waals surface area contributed by atoms with Gasteiger partial charge in [-0.25, -0.2) is 4.79 Å². The van der Waals surface area contributed by atoms with E-state index in [-0.39, 0.29) is 5.97 Å². The van der Waals surface area contributed by atoms with Crippen LogP contribution in [0.5, 0.6) is 0 Å². The number of carbonyl (C=O) groups excluding carboxylic acids is 1. The molecule has 2 aromatic rings. The van der Waals surface area contributed by atoms with Crippen molar-refractivity contribution in [2.75, 3.05) is 7.11 Å². The van der Waals surface area contributed by atoms with E-state index in [1.807, 2.05) is 17.5 Å². The Labute approximate surface area is 91.4 Å². The monoisotopic (exact) mass is 219 g/mol. The molecule has 0 N–H and O–H groups in total. The summed E-state index contributed by atoms with van der Waals surface area (Å²) in [5.74, 6) is -0.303. The molecule has 0 saturated heterocycles. The summed E-state index contributed by atoms with van der Waals surface area (Å²) in [6, 6.07) is 5.52. The maximum absolute atomic E-state index is 11.4.